The maximum absolute atomic E-state index is 13.5. The largest absolute Gasteiger partial charge is 0.492 e. The summed E-state index contributed by atoms with van der Waals surface area (Å²) >= 11 is 0. The van der Waals surface area contributed by atoms with Gasteiger partial charge >= 0.3 is 0 Å². The number of hydrogen-bond donors (Lipinski definition) is 0. The molecule has 0 aliphatic rings. The van der Waals surface area contributed by atoms with Crippen molar-refractivity contribution in [2.24, 2.45) is 0 Å². The number of carbonyl (C=O) groups excluding carboxylic acids is 1. The van der Waals surface area contributed by atoms with E-state index in [-0.39, 0.29) is 5.78 Å². The second-order valence-corrected chi connectivity index (χ2v) is 5.64. The van der Waals surface area contributed by atoms with Gasteiger partial charge in [0.15, 0.2) is 5.78 Å². The Morgan fingerprint density at radius 3 is 2.43 bits per heavy atom. The Morgan fingerprint density at radius 1 is 1.13 bits per heavy atom. The summed E-state index contributed by atoms with van der Waals surface area (Å²) in [5.41, 5.74) is 2.05. The van der Waals surface area contributed by atoms with Gasteiger partial charge in [0.25, 0.3) is 0 Å². The lowest BCUT2D eigenvalue weighted by molar-refractivity contribution is 0.0988. The first-order chi connectivity index (χ1) is 11.0. The van der Waals surface area contributed by atoms with Gasteiger partial charge in [-0.1, -0.05) is 25.1 Å². The van der Waals surface area contributed by atoms with Gasteiger partial charge in [0, 0.05) is 18.5 Å². The van der Waals surface area contributed by atoms with Crippen molar-refractivity contribution in [3.8, 4) is 16.9 Å². The van der Waals surface area contributed by atoms with Crippen molar-refractivity contribution in [3.05, 3.63) is 53.8 Å². The third-order valence-electron chi connectivity index (χ3n) is 3.58. The van der Waals surface area contributed by atoms with Crippen molar-refractivity contribution in [2.45, 2.75) is 13.3 Å². The van der Waals surface area contributed by atoms with E-state index in [1.807, 2.05) is 38.4 Å². The van der Waals surface area contributed by atoms with Gasteiger partial charge in [-0.25, -0.2) is 4.39 Å². The first-order valence-electron chi connectivity index (χ1n) is 7.72. The molecule has 4 heteroatoms. The highest BCUT2D eigenvalue weighted by Crippen LogP contribution is 2.27. The molecule has 0 saturated heterocycles. The van der Waals surface area contributed by atoms with Crippen molar-refractivity contribution in [1.29, 1.82) is 0 Å². The molecule has 0 aromatic heterocycles. The Kier molecular flexibility index (Phi) is 5.88. The maximum atomic E-state index is 13.5. The molecule has 3 nitrogen and oxygen atoms in total. The number of rotatable bonds is 7. The van der Waals surface area contributed by atoms with Crippen LogP contribution in [0.1, 0.15) is 23.7 Å². The first-order valence-corrected chi connectivity index (χ1v) is 7.72. The number of carbonyl (C=O) groups is 1. The van der Waals surface area contributed by atoms with Gasteiger partial charge in [-0.15, -0.1) is 0 Å². The van der Waals surface area contributed by atoms with E-state index in [0.29, 0.717) is 18.6 Å². The van der Waals surface area contributed by atoms with Crippen LogP contribution >= 0.6 is 0 Å². The number of likely N-dealkylation sites (N-methyl/N-ethyl adjacent to an activating group) is 1. The lowest BCUT2D eigenvalue weighted by Gasteiger charge is -2.12. The summed E-state index contributed by atoms with van der Waals surface area (Å²) in [5, 5.41) is 0. The quantitative estimate of drug-likeness (QED) is 0.723. The van der Waals surface area contributed by atoms with Crippen molar-refractivity contribution in [1.82, 2.24) is 4.90 Å². The Morgan fingerprint density at radius 2 is 1.83 bits per heavy atom. The number of nitrogens with zero attached hydrogens (tertiary/aromatic N) is 1. The monoisotopic (exact) mass is 315 g/mol. The molecule has 2 aromatic rings. The molecule has 122 valence electrons. The lowest BCUT2D eigenvalue weighted by atomic mass is 9.96. The number of ether oxygens (including phenoxy) is 1. The molecule has 0 heterocycles. The molecule has 0 spiro atoms. The van der Waals surface area contributed by atoms with Gasteiger partial charge in [-0.05, 0) is 49.5 Å². The molecule has 0 radical (unpaired) electrons. The second-order valence-electron chi connectivity index (χ2n) is 5.64. The molecule has 0 saturated carbocycles. The van der Waals surface area contributed by atoms with Crippen molar-refractivity contribution in [3.63, 3.8) is 0 Å². The van der Waals surface area contributed by atoms with Crippen LogP contribution in [-0.4, -0.2) is 37.9 Å². The third kappa shape index (κ3) is 4.63. The first kappa shape index (κ1) is 17.2. The van der Waals surface area contributed by atoms with E-state index in [9.17, 15) is 9.18 Å². The van der Waals surface area contributed by atoms with E-state index in [0.717, 1.165) is 23.4 Å². The lowest BCUT2D eigenvalue weighted by Crippen LogP contribution is -2.19. The molecule has 0 N–H and O–H groups in total. The molecule has 0 unspecified atom stereocenters. The van der Waals surface area contributed by atoms with Crippen LogP contribution in [0.2, 0.25) is 0 Å². The summed E-state index contributed by atoms with van der Waals surface area (Å²) in [5.74, 6) is 0.320. The fourth-order valence-electron chi connectivity index (χ4n) is 2.27. The van der Waals surface area contributed by atoms with Crippen LogP contribution in [0.3, 0.4) is 0 Å². The van der Waals surface area contributed by atoms with Crippen LogP contribution in [0.5, 0.6) is 5.75 Å². The van der Waals surface area contributed by atoms with E-state index >= 15 is 0 Å². The van der Waals surface area contributed by atoms with Gasteiger partial charge in [0.05, 0.1) is 0 Å². The number of ketones is 1. The molecular formula is C19H22FNO2. The van der Waals surface area contributed by atoms with Crippen molar-refractivity contribution < 1.29 is 13.9 Å². The molecule has 0 atom stereocenters. The zero-order valence-electron chi connectivity index (χ0n) is 13.8. The predicted molar refractivity (Wildman–Crippen MR) is 90.5 cm³/mol. The average Bonchev–Trinajstić information content (AvgIpc) is 2.54. The standard InChI is InChI=1S/C19H22FNO2/c1-4-19(22)18-13-15(20)7-10-17(18)14-5-8-16(9-6-14)23-12-11-21(2)3/h5-10,13H,4,11-12H2,1-3H3. The van der Waals surface area contributed by atoms with Crippen LogP contribution in [0, 0.1) is 5.82 Å². The second kappa shape index (κ2) is 7.88. The Hall–Kier alpha value is -2.20. The topological polar surface area (TPSA) is 29.5 Å². The molecule has 0 aliphatic heterocycles. The minimum absolute atomic E-state index is 0.0641. The molecule has 2 aromatic carbocycles. The Labute approximate surface area is 136 Å². The zero-order chi connectivity index (χ0) is 16.8. The Balaban J connectivity index is 2.21. The molecule has 0 aliphatic carbocycles. The van der Waals surface area contributed by atoms with Crippen molar-refractivity contribution in [2.75, 3.05) is 27.2 Å². The normalized spacial score (nSPS) is 10.8. The van der Waals surface area contributed by atoms with Gasteiger partial charge in [0.1, 0.15) is 18.2 Å². The average molecular weight is 315 g/mol. The fourth-order valence-corrected chi connectivity index (χ4v) is 2.27. The molecule has 0 bridgehead atoms. The SMILES string of the molecule is CCC(=O)c1cc(F)ccc1-c1ccc(OCCN(C)C)cc1. The van der Waals surface area contributed by atoms with E-state index in [1.54, 1.807) is 13.0 Å². The van der Waals surface area contributed by atoms with Crippen LogP contribution in [0.15, 0.2) is 42.5 Å². The van der Waals surface area contributed by atoms with Crippen LogP contribution in [0.4, 0.5) is 4.39 Å². The highest BCUT2D eigenvalue weighted by molar-refractivity contribution is 6.02. The summed E-state index contributed by atoms with van der Waals surface area (Å²) in [6.07, 6.45) is 0.349. The van der Waals surface area contributed by atoms with Crippen LogP contribution in [0.25, 0.3) is 11.1 Å². The highest BCUT2D eigenvalue weighted by atomic mass is 19.1. The van der Waals surface area contributed by atoms with E-state index < -0.39 is 5.82 Å². The van der Waals surface area contributed by atoms with Crippen LogP contribution in [-0.2, 0) is 0 Å². The van der Waals surface area contributed by atoms with Gasteiger partial charge in [0.2, 0.25) is 0 Å². The van der Waals surface area contributed by atoms with Gasteiger partial charge in [-0.2, -0.15) is 0 Å². The molecule has 23 heavy (non-hydrogen) atoms. The Bertz CT molecular complexity index is 666. The number of Topliss-reactive ketones (excluding diaryl/α,β-unsaturated/α-hetero) is 1. The number of hydrogen-bond acceptors (Lipinski definition) is 3. The fraction of sp³-hybridized carbons (Fsp3) is 0.316. The summed E-state index contributed by atoms with van der Waals surface area (Å²) < 4.78 is 19.1. The maximum Gasteiger partial charge on any atom is 0.163 e. The molecular weight excluding hydrogens is 293 g/mol. The molecule has 0 fully saturated rings. The van der Waals surface area contributed by atoms with Crippen LogP contribution < -0.4 is 4.74 Å². The zero-order valence-corrected chi connectivity index (χ0v) is 13.8. The third-order valence-corrected chi connectivity index (χ3v) is 3.58. The predicted octanol–water partition coefficient (Wildman–Crippen LogP) is 4.03. The highest BCUT2D eigenvalue weighted by Gasteiger charge is 2.12. The number of halogens is 1. The summed E-state index contributed by atoms with van der Waals surface area (Å²) in [6, 6.07) is 11.9. The number of benzene rings is 2. The minimum atomic E-state index is -0.394. The summed E-state index contributed by atoms with van der Waals surface area (Å²) in [4.78, 5) is 14.1. The molecule has 0 amide bonds. The van der Waals surface area contributed by atoms with E-state index in [4.69, 9.17) is 4.74 Å². The van der Waals surface area contributed by atoms with Gasteiger partial charge in [-0.3, -0.25) is 4.79 Å². The minimum Gasteiger partial charge on any atom is -0.492 e. The van der Waals surface area contributed by atoms with Gasteiger partial charge < -0.3 is 9.64 Å². The molecule has 2 rings (SSSR count). The smallest absolute Gasteiger partial charge is 0.163 e. The van der Waals surface area contributed by atoms with E-state index in [1.165, 1.54) is 12.1 Å². The van der Waals surface area contributed by atoms with E-state index in [2.05, 4.69) is 4.90 Å². The summed E-state index contributed by atoms with van der Waals surface area (Å²) in [6.45, 7) is 3.23. The van der Waals surface area contributed by atoms with Crippen molar-refractivity contribution >= 4 is 5.78 Å². The summed E-state index contributed by atoms with van der Waals surface area (Å²) in [7, 11) is 3.99.